The molecule has 140 valence electrons. The number of carbonyl (C=O) groups excluding carboxylic acids is 1. The number of hydrogen-bond acceptors (Lipinski definition) is 5. The maximum absolute atomic E-state index is 12.8. The number of pyridine rings is 1. The summed E-state index contributed by atoms with van der Waals surface area (Å²) in [5.41, 5.74) is 1.24. The van der Waals surface area contributed by atoms with E-state index in [0.717, 1.165) is 44.1 Å². The molecule has 3 rings (SSSR count). The molecule has 1 saturated heterocycles. The number of hydrogen-bond donors (Lipinski definition) is 1. The molecule has 7 nitrogen and oxygen atoms in total. The molecule has 1 atom stereocenters. The van der Waals surface area contributed by atoms with Gasteiger partial charge in [-0.3, -0.25) is 14.9 Å². The van der Waals surface area contributed by atoms with E-state index < -0.39 is 0 Å². The quantitative estimate of drug-likeness (QED) is 0.886. The van der Waals surface area contributed by atoms with Gasteiger partial charge in [-0.15, -0.1) is 0 Å². The fraction of sp³-hybridized carbons (Fsp3) is 0.579. The van der Waals surface area contributed by atoms with Crippen molar-refractivity contribution >= 4 is 5.91 Å². The molecule has 0 saturated carbocycles. The van der Waals surface area contributed by atoms with Gasteiger partial charge in [-0.05, 0) is 31.4 Å². The lowest BCUT2D eigenvalue weighted by atomic mass is 10.1. The zero-order valence-electron chi connectivity index (χ0n) is 15.9. The number of nitrogens with one attached hydrogen (secondary N) is 1. The third kappa shape index (κ3) is 4.46. The van der Waals surface area contributed by atoms with Crippen LogP contribution >= 0.6 is 0 Å². The van der Waals surface area contributed by atoms with Crippen LogP contribution in [0.2, 0.25) is 0 Å². The molecule has 1 unspecified atom stereocenters. The Labute approximate surface area is 154 Å². The molecule has 3 heterocycles. The minimum atomic E-state index is -0.0572. The van der Waals surface area contributed by atoms with Gasteiger partial charge < -0.3 is 9.80 Å². The third-order valence-corrected chi connectivity index (χ3v) is 4.88. The van der Waals surface area contributed by atoms with Crippen LogP contribution in [0.3, 0.4) is 0 Å². The van der Waals surface area contributed by atoms with Crippen LogP contribution in [0.1, 0.15) is 43.5 Å². The lowest BCUT2D eigenvalue weighted by molar-refractivity contribution is -0.137. The highest BCUT2D eigenvalue weighted by molar-refractivity contribution is 5.78. The number of amides is 1. The average molecular weight is 356 g/mol. The van der Waals surface area contributed by atoms with E-state index in [9.17, 15) is 4.79 Å². The van der Waals surface area contributed by atoms with Crippen LogP contribution in [0.4, 0.5) is 0 Å². The first-order chi connectivity index (χ1) is 12.5. The summed E-state index contributed by atoms with van der Waals surface area (Å²) in [5, 5.41) is 7.25. The highest BCUT2D eigenvalue weighted by Crippen LogP contribution is 2.26. The largest absolute Gasteiger partial charge is 0.331 e. The molecule has 1 N–H and O–H groups in total. The van der Waals surface area contributed by atoms with Crippen molar-refractivity contribution in [2.45, 2.75) is 39.7 Å². The SMILES string of the molecule is Cc1nc(C2CCN(CCc3cccnc3)CCN2C(=O)C(C)C)n[nH]1. The molecule has 0 aromatic carbocycles. The van der Waals surface area contributed by atoms with Crippen LogP contribution in [0.5, 0.6) is 0 Å². The van der Waals surface area contributed by atoms with Crippen LogP contribution in [-0.2, 0) is 11.2 Å². The van der Waals surface area contributed by atoms with Gasteiger partial charge in [0.2, 0.25) is 5.91 Å². The number of aromatic amines is 1. The van der Waals surface area contributed by atoms with Crippen LogP contribution < -0.4 is 0 Å². The van der Waals surface area contributed by atoms with Gasteiger partial charge in [0.05, 0.1) is 6.04 Å². The number of rotatable bonds is 5. The maximum Gasteiger partial charge on any atom is 0.225 e. The molecule has 1 aliphatic heterocycles. The summed E-state index contributed by atoms with van der Waals surface area (Å²) < 4.78 is 0. The summed E-state index contributed by atoms with van der Waals surface area (Å²) in [5.74, 6) is 1.66. The Bertz CT molecular complexity index is 714. The zero-order chi connectivity index (χ0) is 18.5. The Hall–Kier alpha value is -2.28. The summed E-state index contributed by atoms with van der Waals surface area (Å²) in [6.07, 6.45) is 5.54. The molecule has 0 aliphatic carbocycles. The molecule has 0 spiro atoms. The topological polar surface area (TPSA) is 78.0 Å². The third-order valence-electron chi connectivity index (χ3n) is 4.88. The van der Waals surface area contributed by atoms with Gasteiger partial charge in [-0.25, -0.2) is 4.98 Å². The zero-order valence-corrected chi connectivity index (χ0v) is 15.9. The number of H-pyrrole nitrogens is 1. The van der Waals surface area contributed by atoms with Crippen molar-refractivity contribution in [3.63, 3.8) is 0 Å². The number of aromatic nitrogens is 4. The predicted octanol–water partition coefficient (Wildman–Crippen LogP) is 1.98. The monoisotopic (exact) mass is 356 g/mol. The minimum absolute atomic E-state index is 0.0283. The average Bonchev–Trinajstić information content (AvgIpc) is 2.96. The van der Waals surface area contributed by atoms with Gasteiger partial charge in [0, 0.05) is 44.5 Å². The second-order valence-electron chi connectivity index (χ2n) is 7.22. The maximum atomic E-state index is 12.8. The highest BCUT2D eigenvalue weighted by atomic mass is 16.2. The van der Waals surface area contributed by atoms with Gasteiger partial charge in [0.15, 0.2) is 5.82 Å². The standard InChI is InChI=1S/C19H28N6O/c1-14(2)19(26)25-12-11-24(9-6-16-5-4-8-20-13-16)10-7-17(25)18-21-15(3)22-23-18/h4-5,8,13-14,17H,6-7,9-12H2,1-3H3,(H,21,22,23). The van der Waals surface area contributed by atoms with Gasteiger partial charge >= 0.3 is 0 Å². The van der Waals surface area contributed by atoms with E-state index in [-0.39, 0.29) is 17.9 Å². The second-order valence-corrected chi connectivity index (χ2v) is 7.22. The van der Waals surface area contributed by atoms with Crippen molar-refractivity contribution in [3.05, 3.63) is 41.7 Å². The molecular weight excluding hydrogens is 328 g/mol. The Balaban J connectivity index is 1.70. The molecule has 1 amide bonds. The first kappa shape index (κ1) is 18.5. The van der Waals surface area contributed by atoms with Crippen molar-refractivity contribution in [1.82, 2.24) is 30.0 Å². The normalized spacial score (nSPS) is 18.9. The fourth-order valence-electron chi connectivity index (χ4n) is 3.41. The second kappa shape index (κ2) is 8.40. The molecule has 2 aromatic heterocycles. The van der Waals surface area contributed by atoms with Crippen LogP contribution in [0.25, 0.3) is 0 Å². The van der Waals surface area contributed by atoms with Gasteiger partial charge in [-0.2, -0.15) is 5.10 Å². The van der Waals surface area contributed by atoms with Crippen LogP contribution in [0.15, 0.2) is 24.5 Å². The molecule has 7 heteroatoms. The van der Waals surface area contributed by atoms with Crippen molar-refractivity contribution in [2.75, 3.05) is 26.2 Å². The van der Waals surface area contributed by atoms with Crippen molar-refractivity contribution in [3.8, 4) is 0 Å². The first-order valence-corrected chi connectivity index (χ1v) is 9.35. The van der Waals surface area contributed by atoms with Crippen LogP contribution in [0, 0.1) is 12.8 Å². The summed E-state index contributed by atoms with van der Waals surface area (Å²) >= 11 is 0. The number of carbonyl (C=O) groups is 1. The van der Waals surface area contributed by atoms with E-state index in [1.807, 2.05) is 37.9 Å². The Morgan fingerprint density at radius 1 is 1.35 bits per heavy atom. The summed E-state index contributed by atoms with van der Waals surface area (Å²) in [4.78, 5) is 25.8. The van der Waals surface area contributed by atoms with Crippen LogP contribution in [-0.4, -0.2) is 62.1 Å². The van der Waals surface area contributed by atoms with Crippen molar-refractivity contribution < 1.29 is 4.79 Å². The van der Waals surface area contributed by atoms with Gasteiger partial charge in [-0.1, -0.05) is 19.9 Å². The smallest absolute Gasteiger partial charge is 0.225 e. The lowest BCUT2D eigenvalue weighted by Gasteiger charge is -2.29. The molecule has 0 radical (unpaired) electrons. The van der Waals surface area contributed by atoms with Crippen molar-refractivity contribution in [2.24, 2.45) is 5.92 Å². The molecular formula is C19H28N6O. The van der Waals surface area contributed by atoms with E-state index in [2.05, 4.69) is 31.1 Å². The summed E-state index contributed by atoms with van der Waals surface area (Å²) in [6, 6.07) is 4.03. The summed E-state index contributed by atoms with van der Waals surface area (Å²) in [6.45, 7) is 9.28. The van der Waals surface area contributed by atoms with Crippen molar-refractivity contribution in [1.29, 1.82) is 0 Å². The Morgan fingerprint density at radius 3 is 2.85 bits per heavy atom. The fourth-order valence-corrected chi connectivity index (χ4v) is 3.41. The van der Waals surface area contributed by atoms with E-state index in [0.29, 0.717) is 6.54 Å². The lowest BCUT2D eigenvalue weighted by Crippen LogP contribution is -2.40. The van der Waals surface area contributed by atoms with Gasteiger partial charge in [0.25, 0.3) is 0 Å². The number of nitrogens with zero attached hydrogens (tertiary/aromatic N) is 5. The summed E-state index contributed by atoms with van der Waals surface area (Å²) in [7, 11) is 0. The number of aryl methyl sites for hydroxylation is 1. The Morgan fingerprint density at radius 2 is 2.19 bits per heavy atom. The molecule has 26 heavy (non-hydrogen) atoms. The molecule has 0 bridgehead atoms. The van der Waals surface area contributed by atoms with E-state index in [1.165, 1.54) is 5.56 Å². The van der Waals surface area contributed by atoms with E-state index in [1.54, 1.807) is 6.20 Å². The predicted molar refractivity (Wildman–Crippen MR) is 99.4 cm³/mol. The Kier molecular flexibility index (Phi) is 5.98. The van der Waals surface area contributed by atoms with Gasteiger partial charge in [0.1, 0.15) is 5.82 Å². The highest BCUT2D eigenvalue weighted by Gasteiger charge is 2.32. The molecule has 2 aromatic rings. The van der Waals surface area contributed by atoms with E-state index >= 15 is 0 Å². The molecule has 1 fully saturated rings. The minimum Gasteiger partial charge on any atom is -0.331 e. The van der Waals surface area contributed by atoms with E-state index in [4.69, 9.17) is 0 Å². The first-order valence-electron chi connectivity index (χ1n) is 9.35. The molecule has 1 aliphatic rings.